The van der Waals surface area contributed by atoms with Crippen LogP contribution in [0.3, 0.4) is 0 Å². The van der Waals surface area contributed by atoms with Gasteiger partial charge in [-0.25, -0.2) is 13.1 Å². The van der Waals surface area contributed by atoms with E-state index in [0.717, 1.165) is 50.2 Å². The zero-order valence-electron chi connectivity index (χ0n) is 15.0. The lowest BCUT2D eigenvalue weighted by Gasteiger charge is -2.31. The summed E-state index contributed by atoms with van der Waals surface area (Å²) in [4.78, 5) is 3.52. The van der Waals surface area contributed by atoms with E-state index >= 15 is 0 Å². The largest absolute Gasteiger partial charge is 0.573 e. The van der Waals surface area contributed by atoms with Crippen LogP contribution in [0.4, 0.5) is 13.2 Å². The van der Waals surface area contributed by atoms with Crippen molar-refractivity contribution < 1.29 is 26.3 Å². The summed E-state index contributed by atoms with van der Waals surface area (Å²) in [5, 5.41) is 2.08. The summed E-state index contributed by atoms with van der Waals surface area (Å²) >= 11 is 1.77. The van der Waals surface area contributed by atoms with Gasteiger partial charge in [0.15, 0.2) is 0 Å². The lowest BCUT2D eigenvalue weighted by molar-refractivity contribution is -0.274. The number of thiophene rings is 1. The number of sulfonamides is 1. The molecule has 0 bridgehead atoms. The molecule has 0 atom stereocenters. The van der Waals surface area contributed by atoms with Crippen LogP contribution in [-0.2, 0) is 10.0 Å². The van der Waals surface area contributed by atoms with E-state index in [0.29, 0.717) is 12.5 Å². The first-order valence-corrected chi connectivity index (χ1v) is 11.2. The summed E-state index contributed by atoms with van der Waals surface area (Å²) in [5.41, 5.74) is 0. The first-order chi connectivity index (χ1) is 13.2. The van der Waals surface area contributed by atoms with E-state index in [2.05, 4.69) is 31.9 Å². The number of hydrogen-bond donors (Lipinski definition) is 1. The summed E-state index contributed by atoms with van der Waals surface area (Å²) in [7, 11) is -3.78. The molecule has 0 radical (unpaired) electrons. The van der Waals surface area contributed by atoms with Gasteiger partial charge in [-0.3, -0.25) is 0 Å². The van der Waals surface area contributed by atoms with Crippen LogP contribution >= 0.6 is 11.3 Å². The van der Waals surface area contributed by atoms with Gasteiger partial charge in [-0.1, -0.05) is 6.07 Å². The van der Waals surface area contributed by atoms with Crippen molar-refractivity contribution in [2.45, 2.75) is 30.0 Å². The Hall–Kier alpha value is -1.62. The summed E-state index contributed by atoms with van der Waals surface area (Å²) in [5.74, 6) is 0.116. The third kappa shape index (κ3) is 5.94. The molecular formula is C18H21F3N2O3S2. The van der Waals surface area contributed by atoms with E-state index in [1.54, 1.807) is 11.3 Å². The molecule has 2 heterocycles. The molecule has 3 rings (SSSR count). The molecule has 0 unspecified atom stereocenters. The third-order valence-electron chi connectivity index (χ3n) is 4.62. The topological polar surface area (TPSA) is 58.6 Å². The van der Waals surface area contributed by atoms with Crippen molar-refractivity contribution in [3.8, 4) is 5.75 Å². The number of benzene rings is 1. The minimum Gasteiger partial charge on any atom is -0.406 e. The average Bonchev–Trinajstić information content (AvgIpc) is 3.16. The Morgan fingerprint density at radius 1 is 1.14 bits per heavy atom. The molecule has 2 aromatic rings. The SMILES string of the molecule is O=S(=O)(NCCN1CCC(c2cccs2)CC1)c1ccc(OC(F)(F)F)cc1. The maximum Gasteiger partial charge on any atom is 0.573 e. The van der Waals surface area contributed by atoms with Crippen molar-refractivity contribution in [2.75, 3.05) is 26.2 Å². The molecule has 0 aliphatic carbocycles. The van der Waals surface area contributed by atoms with Gasteiger partial charge >= 0.3 is 6.36 Å². The molecule has 10 heteroatoms. The first-order valence-electron chi connectivity index (χ1n) is 8.84. The van der Waals surface area contributed by atoms with Gasteiger partial charge < -0.3 is 9.64 Å². The van der Waals surface area contributed by atoms with E-state index in [-0.39, 0.29) is 11.4 Å². The van der Waals surface area contributed by atoms with Crippen LogP contribution in [0.1, 0.15) is 23.6 Å². The van der Waals surface area contributed by atoms with Crippen LogP contribution < -0.4 is 9.46 Å². The lowest BCUT2D eigenvalue weighted by Crippen LogP contribution is -2.39. The number of likely N-dealkylation sites (tertiary alicyclic amines) is 1. The molecule has 28 heavy (non-hydrogen) atoms. The van der Waals surface area contributed by atoms with Gasteiger partial charge in [0.25, 0.3) is 0 Å². The molecular weight excluding hydrogens is 413 g/mol. The fourth-order valence-electron chi connectivity index (χ4n) is 3.21. The molecule has 0 saturated carbocycles. The monoisotopic (exact) mass is 434 g/mol. The molecule has 0 spiro atoms. The Balaban J connectivity index is 1.45. The van der Waals surface area contributed by atoms with Gasteiger partial charge in [0.1, 0.15) is 5.75 Å². The minimum absolute atomic E-state index is 0.0987. The number of hydrogen-bond acceptors (Lipinski definition) is 5. The van der Waals surface area contributed by atoms with Gasteiger partial charge in [-0.2, -0.15) is 0 Å². The van der Waals surface area contributed by atoms with Crippen molar-refractivity contribution >= 4 is 21.4 Å². The number of alkyl halides is 3. The standard InChI is InChI=1S/C18H21F3N2O3S2/c19-18(20,21)26-15-3-5-16(6-4-15)28(24,25)22-9-12-23-10-7-14(8-11-23)17-2-1-13-27-17/h1-6,13-14,22H,7-12H2. The van der Waals surface area contributed by atoms with Gasteiger partial charge in [0.05, 0.1) is 4.90 Å². The fourth-order valence-corrected chi connectivity index (χ4v) is 5.13. The van der Waals surface area contributed by atoms with Crippen LogP contribution in [-0.4, -0.2) is 45.9 Å². The second-order valence-electron chi connectivity index (χ2n) is 6.55. The first kappa shape index (κ1) is 21.1. The van der Waals surface area contributed by atoms with Crippen molar-refractivity contribution in [2.24, 2.45) is 0 Å². The lowest BCUT2D eigenvalue weighted by atomic mass is 9.95. The van der Waals surface area contributed by atoms with Crippen molar-refractivity contribution in [3.05, 3.63) is 46.7 Å². The maximum absolute atomic E-state index is 12.3. The third-order valence-corrected chi connectivity index (χ3v) is 7.13. The van der Waals surface area contributed by atoms with Crippen LogP contribution in [0, 0.1) is 0 Å². The molecule has 1 aromatic carbocycles. The highest BCUT2D eigenvalue weighted by Gasteiger charge is 2.31. The van der Waals surface area contributed by atoms with E-state index in [1.165, 1.54) is 4.88 Å². The number of piperidine rings is 1. The maximum atomic E-state index is 12.3. The van der Waals surface area contributed by atoms with Gasteiger partial charge in [0.2, 0.25) is 10.0 Å². The van der Waals surface area contributed by atoms with Gasteiger partial charge in [0, 0.05) is 18.0 Å². The Kier molecular flexibility index (Phi) is 6.64. The van der Waals surface area contributed by atoms with Crippen LogP contribution in [0.25, 0.3) is 0 Å². The predicted molar refractivity (Wildman–Crippen MR) is 101 cm³/mol. The Bertz CT molecular complexity index is 845. The van der Waals surface area contributed by atoms with E-state index < -0.39 is 22.1 Å². The highest BCUT2D eigenvalue weighted by molar-refractivity contribution is 7.89. The number of nitrogens with zero attached hydrogens (tertiary/aromatic N) is 1. The van der Waals surface area contributed by atoms with E-state index in [9.17, 15) is 21.6 Å². The van der Waals surface area contributed by atoms with Crippen LogP contribution in [0.5, 0.6) is 5.75 Å². The van der Waals surface area contributed by atoms with Crippen molar-refractivity contribution in [1.82, 2.24) is 9.62 Å². The van der Waals surface area contributed by atoms with Gasteiger partial charge in [-0.05, 0) is 67.6 Å². The number of nitrogens with one attached hydrogen (secondary N) is 1. The van der Waals surface area contributed by atoms with Gasteiger partial charge in [-0.15, -0.1) is 24.5 Å². The molecule has 1 aliphatic heterocycles. The van der Waals surface area contributed by atoms with Crippen molar-refractivity contribution in [1.29, 1.82) is 0 Å². The highest BCUT2D eigenvalue weighted by atomic mass is 32.2. The summed E-state index contributed by atoms with van der Waals surface area (Å²) in [6.45, 7) is 2.65. The second kappa shape index (κ2) is 8.81. The fraction of sp³-hybridized carbons (Fsp3) is 0.444. The number of halogens is 3. The molecule has 1 N–H and O–H groups in total. The normalized spacial score (nSPS) is 17.0. The van der Waals surface area contributed by atoms with Crippen LogP contribution in [0.2, 0.25) is 0 Å². The molecule has 154 valence electrons. The molecule has 5 nitrogen and oxygen atoms in total. The molecule has 1 aromatic heterocycles. The Morgan fingerprint density at radius 3 is 2.39 bits per heavy atom. The highest BCUT2D eigenvalue weighted by Crippen LogP contribution is 2.30. The van der Waals surface area contributed by atoms with Crippen LogP contribution in [0.15, 0.2) is 46.7 Å². The summed E-state index contributed by atoms with van der Waals surface area (Å²) < 4.78 is 67.3. The Labute approximate surface area is 166 Å². The Morgan fingerprint density at radius 2 is 1.82 bits per heavy atom. The van der Waals surface area contributed by atoms with Crippen molar-refractivity contribution in [3.63, 3.8) is 0 Å². The molecule has 0 amide bonds. The zero-order chi connectivity index (χ0) is 20.2. The summed E-state index contributed by atoms with van der Waals surface area (Å²) in [6.07, 6.45) is -2.71. The van der Waals surface area contributed by atoms with E-state index in [1.807, 2.05) is 0 Å². The predicted octanol–water partition coefficient (Wildman–Crippen LogP) is 3.80. The second-order valence-corrected chi connectivity index (χ2v) is 9.29. The summed E-state index contributed by atoms with van der Waals surface area (Å²) in [6, 6.07) is 8.37. The van der Waals surface area contributed by atoms with E-state index in [4.69, 9.17) is 0 Å². The average molecular weight is 435 g/mol. The smallest absolute Gasteiger partial charge is 0.406 e. The molecule has 1 fully saturated rings. The quantitative estimate of drug-likeness (QED) is 0.720. The molecule has 1 saturated heterocycles. The zero-order valence-corrected chi connectivity index (χ0v) is 16.6. The number of ether oxygens (including phenoxy) is 1. The minimum atomic E-state index is -4.81. The number of rotatable bonds is 7. The molecule has 1 aliphatic rings.